The summed E-state index contributed by atoms with van der Waals surface area (Å²) in [6.45, 7) is 7.96. The number of carbonyl (C=O) groups excluding carboxylic acids is 6. The van der Waals surface area contributed by atoms with Crippen molar-refractivity contribution < 1.29 is 43.1 Å². The highest BCUT2D eigenvalue weighted by atomic mass is 16.7. The van der Waals surface area contributed by atoms with Crippen LogP contribution < -0.4 is 5.32 Å². The Morgan fingerprint density at radius 2 is 1.81 bits per heavy atom. The fraction of sp³-hybridized carbons (Fsp3) is 0.639. The number of amides is 2. The zero-order valence-electron chi connectivity index (χ0n) is 28.3. The Morgan fingerprint density at radius 3 is 2.44 bits per heavy atom. The van der Waals surface area contributed by atoms with Crippen LogP contribution in [-0.2, 0) is 33.5 Å². The Labute approximate surface area is 281 Å². The molecule has 5 atom stereocenters. The number of hydrogen-bond donors (Lipinski definition) is 1. The smallest absolute Gasteiger partial charge is 0.408 e. The van der Waals surface area contributed by atoms with Crippen LogP contribution >= 0.6 is 0 Å². The van der Waals surface area contributed by atoms with Crippen LogP contribution in [0, 0.1) is 17.3 Å². The molecule has 4 aliphatic rings. The Hall–Kier alpha value is -3.93. The number of hydrogen-bond acceptors (Lipinski definition) is 10. The van der Waals surface area contributed by atoms with Gasteiger partial charge in [-0.15, -0.1) is 0 Å². The van der Waals surface area contributed by atoms with E-state index in [9.17, 15) is 28.8 Å². The second kappa shape index (κ2) is 14.7. The maximum Gasteiger partial charge on any atom is 0.408 e. The third kappa shape index (κ3) is 8.37. The van der Waals surface area contributed by atoms with E-state index in [4.69, 9.17) is 14.3 Å². The van der Waals surface area contributed by atoms with Crippen molar-refractivity contribution in [3.8, 4) is 0 Å². The fourth-order valence-corrected chi connectivity index (χ4v) is 6.75. The van der Waals surface area contributed by atoms with Gasteiger partial charge in [-0.2, -0.15) is 0 Å². The van der Waals surface area contributed by atoms with Gasteiger partial charge in [0.1, 0.15) is 17.9 Å². The van der Waals surface area contributed by atoms with Crippen LogP contribution in [-0.4, -0.2) is 89.3 Å². The average molecular weight is 666 g/mol. The number of nitrogens with one attached hydrogen (secondary N) is 1. The summed E-state index contributed by atoms with van der Waals surface area (Å²) in [7, 11) is 0. The van der Waals surface area contributed by atoms with Gasteiger partial charge in [-0.25, -0.2) is 4.79 Å². The molecule has 0 radical (unpaired) electrons. The molecule has 0 bridgehead atoms. The Morgan fingerprint density at radius 1 is 1.08 bits per heavy atom. The number of oxime groups is 1. The third-order valence-corrected chi connectivity index (χ3v) is 9.63. The molecule has 1 unspecified atom stereocenters. The molecule has 12 nitrogen and oxygen atoms in total. The van der Waals surface area contributed by atoms with Crippen molar-refractivity contribution in [1.29, 1.82) is 0 Å². The van der Waals surface area contributed by atoms with Crippen LogP contribution in [0.15, 0.2) is 35.5 Å². The first-order valence-electron chi connectivity index (χ1n) is 17.1. The number of likely N-dealkylation sites (tertiary alicyclic amines) is 1. The van der Waals surface area contributed by atoms with E-state index in [2.05, 4.69) is 10.5 Å². The molecule has 1 aromatic rings. The van der Waals surface area contributed by atoms with Gasteiger partial charge < -0.3 is 24.5 Å². The summed E-state index contributed by atoms with van der Waals surface area (Å²) in [5, 5.41) is 6.85. The number of alkyl carbamates (subject to hydrolysis) is 1. The molecule has 0 aromatic heterocycles. The molecular weight excluding hydrogens is 618 g/mol. The van der Waals surface area contributed by atoms with Crippen molar-refractivity contribution in [2.24, 2.45) is 22.4 Å². The highest BCUT2D eigenvalue weighted by Gasteiger charge is 2.56. The standard InChI is InChI=1S/C36H47N3O9/c1-5-9-24(31(43)29(41)16-22-12-13-22)17-28(40)27-19-36(18-26(38-48-36)30(42)23-10-7-6-8-11-23)21-39(27)33(44)32(35(2,3)4)37-34(45)47-25-14-15-46-20-25/h6-8,10-11,22,24-25,27,32H,5,9,12-21H2,1-4H3,(H,37,45)/t24-,25+,27+,32-,36?/m1/s1. The van der Waals surface area contributed by atoms with E-state index in [1.54, 1.807) is 51.1 Å². The van der Waals surface area contributed by atoms with E-state index in [0.717, 1.165) is 12.8 Å². The summed E-state index contributed by atoms with van der Waals surface area (Å²) in [5.41, 5.74) is -1.33. The SMILES string of the molecule is CCC[C@H](CC(=O)[C@@H]1CC2(CC(C(=O)c3ccccc3)=NO2)CN1C(=O)[C@@H](NC(=O)O[C@H]1CCOC1)C(C)(C)C)C(=O)C(=O)CC1CC1. The van der Waals surface area contributed by atoms with Crippen molar-refractivity contribution in [2.45, 2.75) is 109 Å². The summed E-state index contributed by atoms with van der Waals surface area (Å²) in [5.74, 6) is -2.74. The Bertz CT molecular complexity index is 1440. The topological polar surface area (TPSA) is 158 Å². The van der Waals surface area contributed by atoms with Gasteiger partial charge in [0.05, 0.1) is 25.8 Å². The van der Waals surface area contributed by atoms with E-state index in [-0.39, 0.29) is 62.0 Å². The molecule has 3 heterocycles. The van der Waals surface area contributed by atoms with Crippen LogP contribution in [0.5, 0.6) is 0 Å². The monoisotopic (exact) mass is 665 g/mol. The van der Waals surface area contributed by atoms with Crippen molar-refractivity contribution in [1.82, 2.24) is 10.2 Å². The summed E-state index contributed by atoms with van der Waals surface area (Å²) in [4.78, 5) is 88.1. The first kappa shape index (κ1) is 35.4. The van der Waals surface area contributed by atoms with Gasteiger partial charge >= 0.3 is 6.09 Å². The van der Waals surface area contributed by atoms with E-state index in [1.165, 1.54) is 4.90 Å². The van der Waals surface area contributed by atoms with Gasteiger partial charge in [0, 0.05) is 43.6 Å². The number of rotatable bonds is 14. The zero-order chi connectivity index (χ0) is 34.6. The number of nitrogens with zero attached hydrogens (tertiary/aromatic N) is 2. The summed E-state index contributed by atoms with van der Waals surface area (Å²) >= 11 is 0. The van der Waals surface area contributed by atoms with Crippen molar-refractivity contribution in [3.05, 3.63) is 35.9 Å². The quantitative estimate of drug-likeness (QED) is 0.227. The maximum atomic E-state index is 14.4. The van der Waals surface area contributed by atoms with Gasteiger partial charge in [0.2, 0.25) is 17.5 Å². The van der Waals surface area contributed by atoms with Crippen molar-refractivity contribution in [2.75, 3.05) is 19.8 Å². The van der Waals surface area contributed by atoms with E-state index >= 15 is 0 Å². The normalized spacial score (nSPS) is 24.8. The Balaban J connectivity index is 1.38. The number of carbonyl (C=O) groups is 6. The lowest BCUT2D eigenvalue weighted by molar-refractivity contribution is -0.143. The molecule has 1 aliphatic carbocycles. The van der Waals surface area contributed by atoms with Gasteiger partial charge in [0.15, 0.2) is 17.2 Å². The predicted octanol–water partition coefficient (Wildman–Crippen LogP) is 4.23. The van der Waals surface area contributed by atoms with Crippen LogP contribution in [0.2, 0.25) is 0 Å². The minimum absolute atomic E-state index is 0.0381. The third-order valence-electron chi connectivity index (χ3n) is 9.63. The van der Waals surface area contributed by atoms with Crippen LogP contribution in [0.4, 0.5) is 4.79 Å². The molecule has 1 spiro atoms. The molecule has 3 fully saturated rings. The lowest BCUT2D eigenvalue weighted by Crippen LogP contribution is -2.57. The number of benzene rings is 1. The molecule has 2 saturated heterocycles. The number of Topliss-reactive ketones (excluding diaryl/α,β-unsaturated/α-hetero) is 4. The largest absolute Gasteiger partial charge is 0.444 e. The highest BCUT2D eigenvalue weighted by Crippen LogP contribution is 2.40. The van der Waals surface area contributed by atoms with Gasteiger partial charge in [-0.1, -0.05) is 69.6 Å². The minimum Gasteiger partial charge on any atom is -0.444 e. The molecule has 5 rings (SSSR count). The maximum absolute atomic E-state index is 14.4. The minimum atomic E-state index is -1.16. The first-order valence-corrected chi connectivity index (χ1v) is 17.1. The highest BCUT2D eigenvalue weighted by molar-refractivity contribution is 6.46. The molecule has 1 saturated carbocycles. The van der Waals surface area contributed by atoms with Crippen molar-refractivity contribution in [3.63, 3.8) is 0 Å². The molecule has 1 N–H and O–H groups in total. The van der Waals surface area contributed by atoms with Gasteiger partial charge in [0.25, 0.3) is 0 Å². The molecule has 3 aliphatic heterocycles. The molecular formula is C36H47N3O9. The van der Waals surface area contributed by atoms with E-state index in [0.29, 0.717) is 31.4 Å². The van der Waals surface area contributed by atoms with Gasteiger partial charge in [-0.3, -0.25) is 24.0 Å². The fourth-order valence-electron chi connectivity index (χ4n) is 6.75. The average Bonchev–Trinajstić information content (AvgIpc) is 3.40. The number of ketones is 4. The molecule has 1 aromatic carbocycles. The predicted molar refractivity (Wildman–Crippen MR) is 174 cm³/mol. The van der Waals surface area contributed by atoms with Gasteiger partial charge in [-0.05, 0) is 30.6 Å². The first-order chi connectivity index (χ1) is 22.8. The molecule has 2 amide bonds. The molecule has 48 heavy (non-hydrogen) atoms. The summed E-state index contributed by atoms with van der Waals surface area (Å²) < 4.78 is 10.8. The summed E-state index contributed by atoms with van der Waals surface area (Å²) in [6, 6.07) is 6.54. The lowest BCUT2D eigenvalue weighted by Gasteiger charge is -2.35. The zero-order valence-corrected chi connectivity index (χ0v) is 28.3. The molecule has 12 heteroatoms. The summed E-state index contributed by atoms with van der Waals surface area (Å²) in [6.07, 6.45) is 2.29. The molecule has 260 valence electrons. The number of ether oxygens (including phenoxy) is 2. The Kier molecular flexibility index (Phi) is 10.8. The van der Waals surface area contributed by atoms with Crippen molar-refractivity contribution >= 4 is 40.8 Å². The lowest BCUT2D eigenvalue weighted by atomic mass is 9.84. The van der Waals surface area contributed by atoms with E-state index in [1.807, 2.05) is 6.92 Å². The van der Waals surface area contributed by atoms with E-state index < -0.39 is 58.7 Å². The van der Waals surface area contributed by atoms with Crippen LogP contribution in [0.3, 0.4) is 0 Å². The second-order valence-electron chi connectivity index (χ2n) is 14.8. The van der Waals surface area contributed by atoms with Crippen LogP contribution in [0.25, 0.3) is 0 Å². The second-order valence-corrected chi connectivity index (χ2v) is 14.8. The van der Waals surface area contributed by atoms with Crippen LogP contribution in [0.1, 0.15) is 95.8 Å².